The van der Waals surface area contributed by atoms with Gasteiger partial charge >= 0.3 is 0 Å². The van der Waals surface area contributed by atoms with Crippen LogP contribution in [-0.4, -0.2) is 82.3 Å². The smallest absolute Gasteiger partial charge is 0.186 e. The van der Waals surface area contributed by atoms with Crippen LogP contribution in [0.3, 0.4) is 0 Å². The molecule has 4 N–H and O–H groups in total. The molecule has 0 unspecified atom stereocenters. The highest BCUT2D eigenvalue weighted by Gasteiger charge is 2.68. The van der Waals surface area contributed by atoms with Gasteiger partial charge in [0.2, 0.25) is 0 Å². The third kappa shape index (κ3) is 5.50. The van der Waals surface area contributed by atoms with Gasteiger partial charge in [-0.15, -0.1) is 0 Å². The van der Waals surface area contributed by atoms with Crippen molar-refractivity contribution in [2.24, 2.45) is 44.3 Å². The summed E-state index contributed by atoms with van der Waals surface area (Å²) in [5.74, 6) is 0.701. The van der Waals surface area contributed by atoms with E-state index in [1.165, 1.54) is 11.1 Å². The Morgan fingerprint density at radius 2 is 1.58 bits per heavy atom. The number of fused-ring (bicyclic) bond motifs is 6. The summed E-state index contributed by atoms with van der Waals surface area (Å²) >= 11 is 0. The number of ether oxygens (including phenoxy) is 4. The van der Waals surface area contributed by atoms with Gasteiger partial charge in [-0.1, -0.05) is 66.2 Å². The Kier molecular flexibility index (Phi) is 9.45. The van der Waals surface area contributed by atoms with Crippen LogP contribution in [0.2, 0.25) is 0 Å². The predicted octanol–water partition coefficient (Wildman–Crippen LogP) is 6.82. The van der Waals surface area contributed by atoms with Crippen molar-refractivity contribution in [2.45, 2.75) is 188 Å². The molecule has 5 fully saturated rings. The van der Waals surface area contributed by atoms with Gasteiger partial charge in [-0.25, -0.2) is 0 Å². The predicted molar refractivity (Wildman–Crippen MR) is 192 cm³/mol. The molecule has 8 nitrogen and oxygen atoms in total. The van der Waals surface area contributed by atoms with Crippen LogP contribution in [0.5, 0.6) is 0 Å². The van der Waals surface area contributed by atoms with E-state index in [2.05, 4.69) is 60.6 Å². The quantitative estimate of drug-likeness (QED) is 0.231. The minimum absolute atomic E-state index is 0.0135. The molecule has 284 valence electrons. The van der Waals surface area contributed by atoms with Crippen molar-refractivity contribution in [3.63, 3.8) is 0 Å². The maximum atomic E-state index is 12.0. The second-order valence-electron chi connectivity index (χ2n) is 20.0. The molecule has 7 rings (SSSR count). The zero-order chi connectivity index (χ0) is 36.2. The van der Waals surface area contributed by atoms with Crippen molar-refractivity contribution >= 4 is 0 Å². The lowest BCUT2D eigenvalue weighted by atomic mass is 9.35. The average Bonchev–Trinajstić information content (AvgIpc) is 3.03. The standard InChI is InChI=1S/C42H68O8/c1-24-11-10-12-32(47-24)50-35-25(2)48-36(34(46)33(35)45)49-31-16-17-39(7)28(38(31,5)6)15-18-40(8)29(39)14-13-26-27-21-37(3,4)19-20-42(27,23-43)30(44)22-41(26,40)9/h13-14,24-25,28-36,43-46H,10-12,15-23H2,1-9H3/t24-,25+,28+,29-,30+,31-,32+,33+,34+,35-,36-,39-,40+,41+,42+/m1/s1. The largest absolute Gasteiger partial charge is 0.395 e. The molecule has 0 amide bonds. The van der Waals surface area contributed by atoms with Crippen LogP contribution in [0.4, 0.5) is 0 Å². The van der Waals surface area contributed by atoms with Gasteiger partial charge in [0.15, 0.2) is 12.6 Å². The molecule has 50 heavy (non-hydrogen) atoms. The third-order valence-corrected chi connectivity index (χ3v) is 16.3. The lowest BCUT2D eigenvalue weighted by Gasteiger charge is -2.70. The van der Waals surface area contributed by atoms with E-state index in [4.69, 9.17) is 18.9 Å². The van der Waals surface area contributed by atoms with E-state index in [9.17, 15) is 20.4 Å². The summed E-state index contributed by atoms with van der Waals surface area (Å²) in [7, 11) is 0. The van der Waals surface area contributed by atoms with Crippen molar-refractivity contribution in [3.05, 3.63) is 23.3 Å². The number of aliphatic hydroxyl groups excluding tert-OH is 4. The van der Waals surface area contributed by atoms with Crippen LogP contribution < -0.4 is 0 Å². The van der Waals surface area contributed by atoms with Crippen molar-refractivity contribution < 1.29 is 39.4 Å². The Morgan fingerprint density at radius 1 is 0.840 bits per heavy atom. The number of hydrogen-bond acceptors (Lipinski definition) is 8. The first-order valence-corrected chi connectivity index (χ1v) is 20.0. The fraction of sp³-hybridized carbons (Fsp3) is 0.905. The average molecular weight is 701 g/mol. The maximum Gasteiger partial charge on any atom is 0.186 e. The summed E-state index contributed by atoms with van der Waals surface area (Å²) in [5.41, 5.74) is 1.91. The monoisotopic (exact) mass is 700 g/mol. The number of aliphatic hydroxyl groups is 4. The minimum atomic E-state index is -1.22. The van der Waals surface area contributed by atoms with Crippen LogP contribution in [0.1, 0.15) is 133 Å². The van der Waals surface area contributed by atoms with Crippen LogP contribution >= 0.6 is 0 Å². The molecule has 8 heteroatoms. The molecular weight excluding hydrogens is 632 g/mol. The summed E-state index contributed by atoms with van der Waals surface area (Å²) in [5, 5.41) is 45.4. The van der Waals surface area contributed by atoms with Crippen molar-refractivity contribution in [2.75, 3.05) is 6.61 Å². The van der Waals surface area contributed by atoms with Gasteiger partial charge in [0, 0.05) is 10.8 Å². The van der Waals surface area contributed by atoms with Gasteiger partial charge < -0.3 is 39.4 Å². The first kappa shape index (κ1) is 37.5. The Hall–Kier alpha value is -0.840. The van der Waals surface area contributed by atoms with Gasteiger partial charge in [-0.3, -0.25) is 0 Å². The Bertz CT molecular complexity index is 1360. The van der Waals surface area contributed by atoms with Gasteiger partial charge in [-0.05, 0) is 124 Å². The molecule has 0 radical (unpaired) electrons. The molecule has 0 aromatic rings. The molecule has 0 aromatic heterocycles. The zero-order valence-electron chi connectivity index (χ0n) is 32.4. The highest BCUT2D eigenvalue weighted by molar-refractivity contribution is 5.47. The normalized spacial score (nSPS) is 52.8. The van der Waals surface area contributed by atoms with Crippen LogP contribution in [0.15, 0.2) is 23.3 Å². The SMILES string of the molecule is C[C@@H]1CCC[C@H](O[C@H]2[C@@H](O)[C@H](O)[C@@H](O[C@@H]3CC[C@@]4(C)[C@H]5C=CC6=C7CC(C)(C)CC[C@@]7(CO)[C@@H](O)C[C@]6(C)[C@@]5(C)CC[C@H]4C3(C)C)O[C@H]2C)O1. The van der Waals surface area contributed by atoms with Crippen LogP contribution in [0.25, 0.3) is 0 Å². The Morgan fingerprint density at radius 3 is 2.28 bits per heavy atom. The van der Waals surface area contributed by atoms with Crippen LogP contribution in [-0.2, 0) is 18.9 Å². The molecule has 3 saturated carbocycles. The van der Waals surface area contributed by atoms with E-state index in [0.717, 1.165) is 64.2 Å². The fourth-order valence-corrected chi connectivity index (χ4v) is 13.0. The highest BCUT2D eigenvalue weighted by atomic mass is 16.7. The fourth-order valence-electron chi connectivity index (χ4n) is 13.0. The lowest BCUT2D eigenvalue weighted by molar-refractivity contribution is -0.344. The molecule has 0 spiro atoms. The van der Waals surface area contributed by atoms with Crippen molar-refractivity contribution in [1.82, 2.24) is 0 Å². The summed E-state index contributed by atoms with van der Waals surface area (Å²) in [6, 6.07) is 0. The summed E-state index contributed by atoms with van der Waals surface area (Å²) in [6.45, 7) is 20.7. The molecule has 2 aliphatic heterocycles. The Balaban J connectivity index is 1.12. The summed E-state index contributed by atoms with van der Waals surface area (Å²) < 4.78 is 25.2. The third-order valence-electron chi connectivity index (χ3n) is 16.3. The molecular formula is C42H68O8. The number of allylic oxidation sites excluding steroid dienone is 3. The van der Waals surface area contributed by atoms with E-state index in [-0.39, 0.29) is 45.9 Å². The van der Waals surface area contributed by atoms with E-state index < -0.39 is 48.5 Å². The first-order chi connectivity index (χ1) is 23.3. The molecule has 0 bridgehead atoms. The summed E-state index contributed by atoms with van der Waals surface area (Å²) in [6.07, 6.45) is 9.66. The van der Waals surface area contributed by atoms with Crippen LogP contribution in [0, 0.1) is 44.3 Å². The maximum absolute atomic E-state index is 12.0. The van der Waals surface area contributed by atoms with E-state index >= 15 is 0 Å². The van der Waals surface area contributed by atoms with Gasteiger partial charge in [0.25, 0.3) is 0 Å². The second-order valence-corrected chi connectivity index (χ2v) is 20.0. The van der Waals surface area contributed by atoms with Crippen molar-refractivity contribution in [1.29, 1.82) is 0 Å². The molecule has 0 aromatic carbocycles. The van der Waals surface area contributed by atoms with Gasteiger partial charge in [0.1, 0.15) is 18.3 Å². The summed E-state index contributed by atoms with van der Waals surface area (Å²) in [4.78, 5) is 0. The number of rotatable bonds is 5. The highest BCUT2D eigenvalue weighted by Crippen LogP contribution is 2.74. The lowest BCUT2D eigenvalue weighted by Crippen LogP contribution is -2.65. The minimum Gasteiger partial charge on any atom is -0.395 e. The first-order valence-electron chi connectivity index (χ1n) is 20.0. The molecule has 7 aliphatic rings. The van der Waals surface area contributed by atoms with E-state index in [0.29, 0.717) is 18.3 Å². The zero-order valence-corrected chi connectivity index (χ0v) is 32.4. The number of hydrogen-bond donors (Lipinski definition) is 4. The molecule has 5 aliphatic carbocycles. The van der Waals surface area contributed by atoms with Crippen molar-refractivity contribution in [3.8, 4) is 0 Å². The topological polar surface area (TPSA) is 118 Å². The molecule has 2 heterocycles. The molecule has 15 atom stereocenters. The van der Waals surface area contributed by atoms with E-state index in [1.807, 2.05) is 13.8 Å². The second kappa shape index (κ2) is 12.6. The van der Waals surface area contributed by atoms with E-state index in [1.54, 1.807) is 0 Å². The molecule has 2 saturated heterocycles. The van der Waals surface area contributed by atoms with Gasteiger partial charge in [0.05, 0.1) is 31.0 Å². The van der Waals surface area contributed by atoms with Gasteiger partial charge in [-0.2, -0.15) is 0 Å². The Labute approximate surface area is 301 Å².